The summed E-state index contributed by atoms with van der Waals surface area (Å²) in [5.41, 5.74) is 0. The molecular weight excluding hydrogens is 204 g/mol. The Morgan fingerprint density at radius 2 is 1.80 bits per heavy atom. The fourth-order valence-corrected chi connectivity index (χ4v) is 1.54. The summed E-state index contributed by atoms with van der Waals surface area (Å²) < 4.78 is 0. The average molecular weight is 216 g/mol. The molecule has 0 radical (unpaired) electrons. The first-order valence-electron chi connectivity index (χ1n) is 4.41. The Morgan fingerprint density at radius 1 is 1.20 bits per heavy atom. The van der Waals surface area contributed by atoms with Crippen LogP contribution in [0.2, 0.25) is 0 Å². The van der Waals surface area contributed by atoms with E-state index in [0.29, 0.717) is 0 Å². The molecule has 15 heavy (non-hydrogen) atoms. The minimum Gasteiger partial charge on any atom is -0.480 e. The standard InChI is InChI=1S/C8H12N2O5/c1-5(11)10-3-2-9(8(14)15)4-6(10)7(12)13/h6H,2-4H2,1H3,(H,12,13)(H,14,15)/t6-/m1/s1. The number of piperazine rings is 1. The largest absolute Gasteiger partial charge is 0.480 e. The number of carboxylic acids is 1. The predicted molar refractivity (Wildman–Crippen MR) is 48.4 cm³/mol. The molecule has 1 aliphatic heterocycles. The second-order valence-corrected chi connectivity index (χ2v) is 3.30. The molecule has 0 aromatic heterocycles. The van der Waals surface area contributed by atoms with Crippen LogP contribution in [0.25, 0.3) is 0 Å². The van der Waals surface area contributed by atoms with Gasteiger partial charge in [0.2, 0.25) is 5.91 Å². The topological polar surface area (TPSA) is 98.2 Å². The van der Waals surface area contributed by atoms with Crippen molar-refractivity contribution in [3.05, 3.63) is 0 Å². The smallest absolute Gasteiger partial charge is 0.407 e. The molecule has 2 N–H and O–H groups in total. The number of hydrogen-bond donors (Lipinski definition) is 2. The zero-order valence-corrected chi connectivity index (χ0v) is 8.21. The third kappa shape index (κ3) is 2.36. The minimum absolute atomic E-state index is 0.124. The summed E-state index contributed by atoms with van der Waals surface area (Å²) in [4.78, 5) is 34.7. The predicted octanol–water partition coefficient (Wildman–Crippen LogP) is -0.718. The summed E-state index contributed by atoms with van der Waals surface area (Å²) in [5.74, 6) is -1.54. The summed E-state index contributed by atoms with van der Waals surface area (Å²) in [5, 5.41) is 17.5. The van der Waals surface area contributed by atoms with Gasteiger partial charge in [0.05, 0.1) is 6.54 Å². The molecular formula is C8H12N2O5. The Bertz CT molecular complexity index is 303. The Morgan fingerprint density at radius 3 is 2.20 bits per heavy atom. The third-order valence-electron chi connectivity index (χ3n) is 2.34. The first kappa shape index (κ1) is 11.3. The van der Waals surface area contributed by atoms with E-state index < -0.39 is 18.1 Å². The fourth-order valence-electron chi connectivity index (χ4n) is 1.54. The lowest BCUT2D eigenvalue weighted by atomic mass is 10.1. The van der Waals surface area contributed by atoms with Gasteiger partial charge < -0.3 is 20.0 Å². The van der Waals surface area contributed by atoms with E-state index in [1.165, 1.54) is 11.8 Å². The van der Waals surface area contributed by atoms with Gasteiger partial charge in [0, 0.05) is 20.0 Å². The lowest BCUT2D eigenvalue weighted by molar-refractivity contribution is -0.152. The van der Waals surface area contributed by atoms with Crippen molar-refractivity contribution in [3.63, 3.8) is 0 Å². The minimum atomic E-state index is -1.18. The summed E-state index contributed by atoms with van der Waals surface area (Å²) in [6.45, 7) is 1.37. The maximum Gasteiger partial charge on any atom is 0.407 e. The van der Waals surface area contributed by atoms with Crippen LogP contribution in [-0.4, -0.2) is 63.7 Å². The van der Waals surface area contributed by atoms with E-state index in [4.69, 9.17) is 10.2 Å². The monoisotopic (exact) mass is 216 g/mol. The maximum atomic E-state index is 11.1. The van der Waals surface area contributed by atoms with Crippen LogP contribution in [0.1, 0.15) is 6.92 Å². The number of carbonyl (C=O) groups excluding carboxylic acids is 1. The van der Waals surface area contributed by atoms with Gasteiger partial charge in [-0.05, 0) is 0 Å². The van der Waals surface area contributed by atoms with Crippen LogP contribution >= 0.6 is 0 Å². The highest BCUT2D eigenvalue weighted by atomic mass is 16.4. The highest BCUT2D eigenvalue weighted by Gasteiger charge is 2.35. The van der Waals surface area contributed by atoms with Gasteiger partial charge in [0.25, 0.3) is 0 Å². The van der Waals surface area contributed by atoms with E-state index in [1.54, 1.807) is 0 Å². The molecule has 0 bridgehead atoms. The molecule has 1 heterocycles. The molecule has 1 fully saturated rings. The van der Waals surface area contributed by atoms with Crippen LogP contribution < -0.4 is 0 Å². The first-order valence-corrected chi connectivity index (χ1v) is 4.41. The number of aliphatic carboxylic acids is 1. The van der Waals surface area contributed by atoms with Crippen LogP contribution in [0.3, 0.4) is 0 Å². The van der Waals surface area contributed by atoms with Crippen molar-refractivity contribution in [1.29, 1.82) is 0 Å². The van der Waals surface area contributed by atoms with Crippen molar-refractivity contribution in [3.8, 4) is 0 Å². The van der Waals surface area contributed by atoms with Crippen molar-refractivity contribution < 1.29 is 24.6 Å². The molecule has 2 amide bonds. The van der Waals surface area contributed by atoms with Gasteiger partial charge in [-0.2, -0.15) is 0 Å². The van der Waals surface area contributed by atoms with E-state index >= 15 is 0 Å². The highest BCUT2D eigenvalue weighted by molar-refractivity contribution is 5.83. The molecule has 1 atom stereocenters. The molecule has 1 saturated heterocycles. The summed E-state index contributed by atoms with van der Waals surface area (Å²) >= 11 is 0. The van der Waals surface area contributed by atoms with Gasteiger partial charge in [-0.15, -0.1) is 0 Å². The molecule has 0 aromatic carbocycles. The number of rotatable bonds is 1. The van der Waals surface area contributed by atoms with Gasteiger partial charge in [-0.1, -0.05) is 0 Å². The number of nitrogens with zero attached hydrogens (tertiary/aromatic N) is 2. The van der Waals surface area contributed by atoms with Crippen molar-refractivity contribution >= 4 is 18.0 Å². The molecule has 0 saturated carbocycles. The van der Waals surface area contributed by atoms with Crippen LogP contribution in [0.5, 0.6) is 0 Å². The molecule has 0 aliphatic carbocycles. The first-order chi connectivity index (χ1) is 6.93. The number of carboxylic acid groups (broad SMARTS) is 2. The summed E-state index contributed by atoms with van der Waals surface area (Å²) in [6.07, 6.45) is -1.16. The van der Waals surface area contributed by atoms with Crippen molar-refractivity contribution in [2.75, 3.05) is 19.6 Å². The summed E-state index contributed by atoms with van der Waals surface area (Å²) in [7, 11) is 0. The van der Waals surface area contributed by atoms with Crippen molar-refractivity contribution in [1.82, 2.24) is 9.80 Å². The zero-order chi connectivity index (χ0) is 11.6. The van der Waals surface area contributed by atoms with Gasteiger partial charge in [0.1, 0.15) is 6.04 Å². The van der Waals surface area contributed by atoms with Gasteiger partial charge in [-0.3, -0.25) is 4.79 Å². The maximum absolute atomic E-state index is 11.1. The molecule has 0 spiro atoms. The number of amides is 2. The van der Waals surface area contributed by atoms with E-state index in [1.807, 2.05) is 0 Å². The molecule has 0 aromatic rings. The second-order valence-electron chi connectivity index (χ2n) is 3.30. The van der Waals surface area contributed by atoms with Gasteiger partial charge in [-0.25, -0.2) is 9.59 Å². The fraction of sp³-hybridized carbons (Fsp3) is 0.625. The van der Waals surface area contributed by atoms with Crippen LogP contribution in [0.15, 0.2) is 0 Å². The molecule has 7 nitrogen and oxygen atoms in total. The highest BCUT2D eigenvalue weighted by Crippen LogP contribution is 2.10. The van der Waals surface area contributed by atoms with Gasteiger partial charge in [0.15, 0.2) is 0 Å². The molecule has 1 rings (SSSR count). The molecule has 0 unspecified atom stereocenters. The third-order valence-corrected chi connectivity index (χ3v) is 2.34. The van der Waals surface area contributed by atoms with Gasteiger partial charge >= 0.3 is 12.1 Å². The number of carbonyl (C=O) groups is 3. The Labute approximate surface area is 85.9 Å². The zero-order valence-electron chi connectivity index (χ0n) is 8.21. The molecule has 7 heteroatoms. The van der Waals surface area contributed by atoms with Crippen LogP contribution in [-0.2, 0) is 9.59 Å². The number of hydrogen-bond acceptors (Lipinski definition) is 3. The lowest BCUT2D eigenvalue weighted by Crippen LogP contribution is -2.58. The van der Waals surface area contributed by atoms with Crippen molar-refractivity contribution in [2.24, 2.45) is 0 Å². The average Bonchev–Trinajstić information content (AvgIpc) is 2.16. The summed E-state index contributed by atoms with van der Waals surface area (Å²) in [6, 6.07) is -1.08. The molecule has 84 valence electrons. The van der Waals surface area contributed by atoms with Crippen molar-refractivity contribution in [2.45, 2.75) is 13.0 Å². The quantitative estimate of drug-likeness (QED) is 0.602. The van der Waals surface area contributed by atoms with E-state index in [-0.39, 0.29) is 25.5 Å². The van der Waals surface area contributed by atoms with Crippen LogP contribution in [0, 0.1) is 0 Å². The molecule has 1 aliphatic rings. The lowest BCUT2D eigenvalue weighted by Gasteiger charge is -2.37. The second kappa shape index (κ2) is 4.16. The van der Waals surface area contributed by atoms with E-state index in [0.717, 1.165) is 4.90 Å². The van der Waals surface area contributed by atoms with E-state index in [2.05, 4.69) is 0 Å². The SMILES string of the molecule is CC(=O)N1CCN(C(=O)O)C[C@@H]1C(=O)O. The Hall–Kier alpha value is -1.79. The Kier molecular flexibility index (Phi) is 3.13. The van der Waals surface area contributed by atoms with E-state index in [9.17, 15) is 14.4 Å². The van der Waals surface area contributed by atoms with Crippen LogP contribution in [0.4, 0.5) is 4.79 Å². The normalized spacial score (nSPS) is 21.3. The Balaban J connectivity index is 2.78.